The van der Waals surface area contributed by atoms with Crippen molar-refractivity contribution in [3.8, 4) is 11.8 Å². The minimum Gasteiger partial charge on any atom is -0.298 e. The lowest BCUT2D eigenvalue weighted by Crippen LogP contribution is -1.89. The maximum atomic E-state index is 12.7. The molecule has 74 valence electrons. The van der Waals surface area contributed by atoms with E-state index in [9.17, 15) is 9.18 Å². The highest BCUT2D eigenvalue weighted by Crippen LogP contribution is 2.07. The number of carbonyl (C=O) groups is 1. The van der Waals surface area contributed by atoms with Gasteiger partial charge in [0.05, 0.1) is 6.54 Å². The van der Waals surface area contributed by atoms with E-state index in [-0.39, 0.29) is 12.1 Å². The van der Waals surface area contributed by atoms with Gasteiger partial charge in [-0.25, -0.2) is 4.39 Å². The van der Waals surface area contributed by atoms with Gasteiger partial charge in [0.15, 0.2) is 6.29 Å². The number of azide groups is 1. The number of benzene rings is 1. The molecule has 0 radical (unpaired) electrons. The highest BCUT2D eigenvalue weighted by atomic mass is 19.1. The molecule has 0 aliphatic rings. The van der Waals surface area contributed by atoms with Crippen molar-refractivity contribution in [2.24, 2.45) is 5.11 Å². The number of aldehydes is 1. The Morgan fingerprint density at radius 3 is 3.07 bits per heavy atom. The van der Waals surface area contributed by atoms with Gasteiger partial charge in [-0.2, -0.15) is 0 Å². The standard InChI is InChI=1S/C10H6FN3O/c11-10-4-3-8(9(6-10)7-15)2-1-5-13-14-12/h3-4,6-7H,5H2. The van der Waals surface area contributed by atoms with Crippen LogP contribution in [0.4, 0.5) is 4.39 Å². The van der Waals surface area contributed by atoms with Gasteiger partial charge in [-0.1, -0.05) is 17.0 Å². The van der Waals surface area contributed by atoms with Gasteiger partial charge in [-0.3, -0.25) is 4.79 Å². The molecule has 1 aromatic rings. The van der Waals surface area contributed by atoms with Crippen LogP contribution in [0.1, 0.15) is 15.9 Å². The third-order valence-electron chi connectivity index (χ3n) is 1.58. The fourth-order valence-electron chi connectivity index (χ4n) is 0.947. The second-order valence-electron chi connectivity index (χ2n) is 2.54. The Hall–Kier alpha value is -2.31. The Morgan fingerprint density at radius 2 is 2.40 bits per heavy atom. The normalized spacial score (nSPS) is 8.33. The smallest absolute Gasteiger partial charge is 0.151 e. The molecule has 0 unspecified atom stereocenters. The second-order valence-corrected chi connectivity index (χ2v) is 2.54. The number of halogens is 1. The summed E-state index contributed by atoms with van der Waals surface area (Å²) in [6.07, 6.45) is 0.528. The molecule has 0 aliphatic carbocycles. The molecule has 0 atom stereocenters. The SMILES string of the molecule is [N-]=[N+]=NCC#Cc1ccc(F)cc1C=O. The van der Waals surface area contributed by atoms with Crippen LogP contribution < -0.4 is 0 Å². The number of nitrogens with zero attached hydrogens (tertiary/aromatic N) is 3. The van der Waals surface area contributed by atoms with Crippen molar-refractivity contribution in [3.63, 3.8) is 0 Å². The van der Waals surface area contributed by atoms with Crippen molar-refractivity contribution in [2.75, 3.05) is 6.54 Å². The minimum absolute atomic E-state index is 0.0200. The van der Waals surface area contributed by atoms with Crippen molar-refractivity contribution in [3.05, 3.63) is 45.6 Å². The maximum Gasteiger partial charge on any atom is 0.151 e. The molecular formula is C10H6FN3O. The first-order valence-electron chi connectivity index (χ1n) is 4.02. The van der Waals surface area contributed by atoms with Gasteiger partial charge < -0.3 is 0 Å². The van der Waals surface area contributed by atoms with Gasteiger partial charge >= 0.3 is 0 Å². The molecule has 0 amide bonds. The number of carbonyl (C=O) groups excluding carboxylic acids is 1. The monoisotopic (exact) mass is 203 g/mol. The molecule has 0 N–H and O–H groups in total. The van der Waals surface area contributed by atoms with Crippen LogP contribution in [-0.4, -0.2) is 12.8 Å². The first-order chi connectivity index (χ1) is 7.27. The summed E-state index contributed by atoms with van der Waals surface area (Å²) in [5.74, 6) is 4.67. The molecule has 0 aliphatic heterocycles. The van der Waals surface area contributed by atoms with Gasteiger partial charge in [0.25, 0.3) is 0 Å². The Balaban J connectivity index is 2.96. The van der Waals surface area contributed by atoms with Crippen LogP contribution in [0.5, 0.6) is 0 Å². The zero-order valence-corrected chi connectivity index (χ0v) is 7.64. The average molecular weight is 203 g/mol. The van der Waals surface area contributed by atoms with Crippen LogP contribution in [0.3, 0.4) is 0 Å². The Bertz CT molecular complexity index is 481. The van der Waals surface area contributed by atoms with Gasteiger partial charge in [0, 0.05) is 16.0 Å². The molecule has 0 aromatic heterocycles. The molecular weight excluding hydrogens is 197 g/mol. The molecule has 4 nitrogen and oxygen atoms in total. The number of hydrogen-bond acceptors (Lipinski definition) is 2. The summed E-state index contributed by atoms with van der Waals surface area (Å²) in [5.41, 5.74) is 8.59. The summed E-state index contributed by atoms with van der Waals surface area (Å²) in [6.45, 7) is 0.0200. The molecule has 0 fully saturated rings. The van der Waals surface area contributed by atoms with Crippen molar-refractivity contribution >= 4 is 6.29 Å². The summed E-state index contributed by atoms with van der Waals surface area (Å²) < 4.78 is 12.7. The molecule has 1 aromatic carbocycles. The molecule has 0 bridgehead atoms. The van der Waals surface area contributed by atoms with Crippen molar-refractivity contribution in [2.45, 2.75) is 0 Å². The van der Waals surface area contributed by atoms with Crippen molar-refractivity contribution in [1.82, 2.24) is 0 Å². The predicted molar refractivity (Wildman–Crippen MR) is 52.7 cm³/mol. The van der Waals surface area contributed by atoms with Crippen molar-refractivity contribution < 1.29 is 9.18 Å². The fourth-order valence-corrected chi connectivity index (χ4v) is 0.947. The van der Waals surface area contributed by atoms with Crippen LogP contribution in [0.2, 0.25) is 0 Å². The fraction of sp³-hybridized carbons (Fsp3) is 0.100. The third kappa shape index (κ3) is 3.14. The van der Waals surface area contributed by atoms with E-state index in [4.69, 9.17) is 5.53 Å². The summed E-state index contributed by atoms with van der Waals surface area (Å²) in [7, 11) is 0. The second kappa shape index (κ2) is 5.43. The van der Waals surface area contributed by atoms with Gasteiger partial charge in [-0.15, -0.1) is 0 Å². The Labute approximate surface area is 85.4 Å². The van der Waals surface area contributed by atoms with E-state index in [0.29, 0.717) is 11.8 Å². The van der Waals surface area contributed by atoms with E-state index in [2.05, 4.69) is 21.9 Å². The zero-order valence-electron chi connectivity index (χ0n) is 7.64. The largest absolute Gasteiger partial charge is 0.298 e. The maximum absolute atomic E-state index is 12.7. The van der Waals surface area contributed by atoms with E-state index < -0.39 is 5.82 Å². The van der Waals surface area contributed by atoms with Gasteiger partial charge in [0.2, 0.25) is 0 Å². The Kier molecular flexibility index (Phi) is 3.90. The summed E-state index contributed by atoms with van der Waals surface area (Å²) in [4.78, 5) is 13.1. The lowest BCUT2D eigenvalue weighted by Gasteiger charge is -1.95. The highest BCUT2D eigenvalue weighted by Gasteiger charge is 1.99. The first-order valence-corrected chi connectivity index (χ1v) is 4.02. The lowest BCUT2D eigenvalue weighted by molar-refractivity contribution is 0.112. The van der Waals surface area contributed by atoms with Crippen LogP contribution in [0.25, 0.3) is 10.4 Å². The van der Waals surface area contributed by atoms with E-state index in [1.54, 1.807) is 0 Å². The van der Waals surface area contributed by atoms with Crippen LogP contribution in [0.15, 0.2) is 23.3 Å². The Morgan fingerprint density at radius 1 is 1.60 bits per heavy atom. The number of hydrogen-bond donors (Lipinski definition) is 0. The van der Waals surface area contributed by atoms with Crippen LogP contribution in [0, 0.1) is 17.7 Å². The van der Waals surface area contributed by atoms with Crippen molar-refractivity contribution in [1.29, 1.82) is 0 Å². The van der Waals surface area contributed by atoms with Gasteiger partial charge in [-0.05, 0) is 23.7 Å². The number of rotatable bonds is 2. The highest BCUT2D eigenvalue weighted by molar-refractivity contribution is 5.79. The van der Waals surface area contributed by atoms with Crippen LogP contribution in [-0.2, 0) is 0 Å². The van der Waals surface area contributed by atoms with E-state index in [0.717, 1.165) is 6.07 Å². The third-order valence-corrected chi connectivity index (χ3v) is 1.58. The van der Waals surface area contributed by atoms with E-state index in [1.807, 2.05) is 0 Å². The quantitative estimate of drug-likeness (QED) is 0.239. The zero-order chi connectivity index (χ0) is 11.1. The molecule has 5 heteroatoms. The summed E-state index contributed by atoms with van der Waals surface area (Å²) in [5, 5.41) is 3.20. The molecule has 0 heterocycles. The lowest BCUT2D eigenvalue weighted by atomic mass is 10.1. The minimum atomic E-state index is -0.488. The molecule has 0 saturated heterocycles. The summed E-state index contributed by atoms with van der Waals surface area (Å²) in [6, 6.07) is 3.72. The molecule has 15 heavy (non-hydrogen) atoms. The van der Waals surface area contributed by atoms with Gasteiger partial charge in [0.1, 0.15) is 5.82 Å². The average Bonchev–Trinajstić information content (AvgIpc) is 2.26. The summed E-state index contributed by atoms with van der Waals surface area (Å²) >= 11 is 0. The molecule has 0 spiro atoms. The molecule has 1 rings (SSSR count). The predicted octanol–water partition coefficient (Wildman–Crippen LogP) is 2.30. The molecule has 0 saturated carbocycles. The first kappa shape index (κ1) is 10.8. The van der Waals surface area contributed by atoms with Crippen LogP contribution >= 0.6 is 0 Å². The topological polar surface area (TPSA) is 65.8 Å². The van der Waals surface area contributed by atoms with E-state index in [1.165, 1.54) is 12.1 Å². The van der Waals surface area contributed by atoms with E-state index >= 15 is 0 Å².